The van der Waals surface area contributed by atoms with Crippen molar-refractivity contribution < 1.29 is 9.59 Å². The number of nitrogens with one attached hydrogen (secondary N) is 1. The normalized spacial score (nSPS) is 16.5. The molecule has 0 saturated heterocycles. The minimum Gasteiger partial charge on any atom is -0.350 e. The first-order chi connectivity index (χ1) is 12.1. The fourth-order valence-electron chi connectivity index (χ4n) is 3.25. The van der Waals surface area contributed by atoms with Crippen molar-refractivity contribution in [3.63, 3.8) is 0 Å². The lowest BCUT2D eigenvalue weighted by molar-refractivity contribution is -0.141. The van der Waals surface area contributed by atoms with Gasteiger partial charge >= 0.3 is 0 Å². The molecule has 130 valence electrons. The summed E-state index contributed by atoms with van der Waals surface area (Å²) in [5, 5.41) is 2.99. The number of hydrogen-bond donors (Lipinski definition) is 1. The third-order valence-electron chi connectivity index (χ3n) is 4.39. The molecule has 0 saturated carbocycles. The Kier molecular flexibility index (Phi) is 5.53. The molecular formula is C20H21BrN2O2. The molecule has 0 bridgehead atoms. The summed E-state index contributed by atoms with van der Waals surface area (Å²) >= 11 is 3.44. The van der Waals surface area contributed by atoms with Crippen LogP contribution >= 0.6 is 15.9 Å². The van der Waals surface area contributed by atoms with Gasteiger partial charge < -0.3 is 10.2 Å². The van der Waals surface area contributed by atoms with Gasteiger partial charge in [0.1, 0.15) is 6.04 Å². The number of carbonyl (C=O) groups is 2. The molecule has 2 amide bonds. The molecule has 0 radical (unpaired) electrons. The monoisotopic (exact) mass is 400 g/mol. The summed E-state index contributed by atoms with van der Waals surface area (Å²) in [4.78, 5) is 27.2. The van der Waals surface area contributed by atoms with Gasteiger partial charge in [-0.15, -0.1) is 0 Å². The molecule has 1 aliphatic rings. The molecule has 1 heterocycles. The fraction of sp³-hybridized carbons (Fsp3) is 0.300. The second-order valence-electron chi connectivity index (χ2n) is 6.21. The summed E-state index contributed by atoms with van der Waals surface area (Å²) in [5.41, 5.74) is 2.89. The van der Waals surface area contributed by atoms with Crippen LogP contribution in [0.25, 0.3) is 0 Å². The summed E-state index contributed by atoms with van der Waals surface area (Å²) in [6, 6.07) is 15.0. The van der Waals surface area contributed by atoms with Crippen LogP contribution < -0.4 is 5.32 Å². The lowest BCUT2D eigenvalue weighted by Gasteiger charge is -2.36. The van der Waals surface area contributed by atoms with Gasteiger partial charge in [-0.25, -0.2) is 0 Å². The molecule has 1 atom stereocenters. The SMILES string of the molecule is CCCN1C(=O)Cc2ccccc2C1C(=O)NCc1cccc(Br)c1. The first-order valence-corrected chi connectivity index (χ1v) is 9.29. The van der Waals surface area contributed by atoms with E-state index in [0.29, 0.717) is 19.5 Å². The van der Waals surface area contributed by atoms with Crippen molar-refractivity contribution in [3.05, 3.63) is 69.7 Å². The number of amides is 2. The van der Waals surface area contributed by atoms with Crippen LogP contribution in [0.3, 0.4) is 0 Å². The van der Waals surface area contributed by atoms with Crippen LogP contribution in [-0.2, 0) is 22.6 Å². The minimum atomic E-state index is -0.551. The van der Waals surface area contributed by atoms with Crippen LogP contribution in [0.4, 0.5) is 0 Å². The average Bonchev–Trinajstić information content (AvgIpc) is 2.60. The van der Waals surface area contributed by atoms with Crippen molar-refractivity contribution in [2.24, 2.45) is 0 Å². The van der Waals surface area contributed by atoms with Crippen LogP contribution in [0, 0.1) is 0 Å². The third kappa shape index (κ3) is 3.93. The molecule has 4 nitrogen and oxygen atoms in total. The highest BCUT2D eigenvalue weighted by molar-refractivity contribution is 9.10. The Morgan fingerprint density at radius 3 is 2.80 bits per heavy atom. The number of benzene rings is 2. The van der Waals surface area contributed by atoms with Crippen molar-refractivity contribution in [2.75, 3.05) is 6.54 Å². The van der Waals surface area contributed by atoms with Crippen molar-refractivity contribution in [3.8, 4) is 0 Å². The lowest BCUT2D eigenvalue weighted by Crippen LogP contribution is -2.47. The van der Waals surface area contributed by atoms with E-state index in [9.17, 15) is 9.59 Å². The summed E-state index contributed by atoms with van der Waals surface area (Å²) < 4.78 is 0.977. The molecule has 1 N–H and O–H groups in total. The molecule has 25 heavy (non-hydrogen) atoms. The number of halogens is 1. The smallest absolute Gasteiger partial charge is 0.247 e. The van der Waals surface area contributed by atoms with E-state index in [-0.39, 0.29) is 11.8 Å². The van der Waals surface area contributed by atoms with Crippen molar-refractivity contribution >= 4 is 27.7 Å². The Morgan fingerprint density at radius 1 is 1.24 bits per heavy atom. The van der Waals surface area contributed by atoms with Crippen LogP contribution in [-0.4, -0.2) is 23.3 Å². The highest BCUT2D eigenvalue weighted by Gasteiger charge is 2.36. The molecule has 0 aromatic heterocycles. The molecule has 1 aliphatic heterocycles. The van der Waals surface area contributed by atoms with Gasteiger partial charge in [-0.05, 0) is 35.2 Å². The van der Waals surface area contributed by atoms with Crippen molar-refractivity contribution in [1.82, 2.24) is 10.2 Å². The highest BCUT2D eigenvalue weighted by Crippen LogP contribution is 2.30. The van der Waals surface area contributed by atoms with E-state index >= 15 is 0 Å². The van der Waals surface area contributed by atoms with Gasteiger partial charge in [0.15, 0.2) is 0 Å². The van der Waals surface area contributed by atoms with Crippen LogP contribution in [0.15, 0.2) is 53.0 Å². The Bertz CT molecular complexity index is 791. The molecule has 0 aliphatic carbocycles. The third-order valence-corrected chi connectivity index (χ3v) is 4.89. The van der Waals surface area contributed by atoms with Crippen molar-refractivity contribution in [2.45, 2.75) is 32.4 Å². The highest BCUT2D eigenvalue weighted by atomic mass is 79.9. The van der Waals surface area contributed by atoms with Gasteiger partial charge in [0.2, 0.25) is 11.8 Å². The maximum atomic E-state index is 12.9. The van der Waals surface area contributed by atoms with Crippen LogP contribution in [0.2, 0.25) is 0 Å². The second-order valence-corrected chi connectivity index (χ2v) is 7.13. The topological polar surface area (TPSA) is 49.4 Å². The predicted molar refractivity (Wildman–Crippen MR) is 101 cm³/mol. The maximum absolute atomic E-state index is 12.9. The molecule has 2 aromatic rings. The molecule has 0 spiro atoms. The lowest BCUT2D eigenvalue weighted by atomic mass is 9.91. The molecular weight excluding hydrogens is 380 g/mol. The average molecular weight is 401 g/mol. The quantitative estimate of drug-likeness (QED) is 0.833. The number of carbonyl (C=O) groups excluding carboxylic acids is 2. The summed E-state index contributed by atoms with van der Waals surface area (Å²) in [6.45, 7) is 3.04. The molecule has 2 aromatic carbocycles. The summed E-state index contributed by atoms with van der Waals surface area (Å²) in [7, 11) is 0. The summed E-state index contributed by atoms with van der Waals surface area (Å²) in [6.07, 6.45) is 1.19. The van der Waals surface area contributed by atoms with Gasteiger partial charge in [-0.2, -0.15) is 0 Å². The van der Waals surface area contributed by atoms with Crippen LogP contribution in [0.5, 0.6) is 0 Å². The maximum Gasteiger partial charge on any atom is 0.247 e. The molecule has 5 heteroatoms. The van der Waals surface area contributed by atoms with E-state index in [1.165, 1.54) is 0 Å². The largest absolute Gasteiger partial charge is 0.350 e. The van der Waals surface area contributed by atoms with Crippen LogP contribution in [0.1, 0.15) is 36.1 Å². The summed E-state index contributed by atoms with van der Waals surface area (Å²) in [5.74, 6) is -0.114. The second kappa shape index (κ2) is 7.83. The fourth-order valence-corrected chi connectivity index (χ4v) is 3.70. The van der Waals surface area contributed by atoms with Gasteiger partial charge in [-0.3, -0.25) is 9.59 Å². The zero-order valence-corrected chi connectivity index (χ0v) is 15.8. The Hall–Kier alpha value is -2.14. The van der Waals surface area contributed by atoms with E-state index in [1.54, 1.807) is 4.90 Å². The zero-order chi connectivity index (χ0) is 17.8. The van der Waals surface area contributed by atoms with E-state index in [0.717, 1.165) is 27.6 Å². The Balaban J connectivity index is 1.83. The van der Waals surface area contributed by atoms with E-state index < -0.39 is 6.04 Å². The van der Waals surface area contributed by atoms with Gasteiger partial charge in [0.25, 0.3) is 0 Å². The van der Waals surface area contributed by atoms with Gasteiger partial charge in [0, 0.05) is 17.6 Å². The standard InChI is InChI=1S/C20H21BrN2O2/c1-2-10-23-18(24)12-15-7-3-4-9-17(15)19(23)20(25)22-13-14-6-5-8-16(21)11-14/h3-9,11,19H,2,10,12-13H2,1H3,(H,22,25). The van der Waals surface area contributed by atoms with E-state index in [1.807, 2.05) is 55.5 Å². The zero-order valence-electron chi connectivity index (χ0n) is 14.2. The molecule has 0 fully saturated rings. The number of rotatable bonds is 5. The molecule has 3 rings (SSSR count). The van der Waals surface area contributed by atoms with E-state index in [4.69, 9.17) is 0 Å². The Morgan fingerprint density at radius 2 is 2.04 bits per heavy atom. The first kappa shape index (κ1) is 17.7. The van der Waals surface area contributed by atoms with Crippen molar-refractivity contribution in [1.29, 1.82) is 0 Å². The minimum absolute atomic E-state index is 0.0168. The van der Waals surface area contributed by atoms with E-state index in [2.05, 4.69) is 21.2 Å². The predicted octanol–water partition coefficient (Wildman–Crippen LogP) is 3.60. The number of nitrogens with zero attached hydrogens (tertiary/aromatic N) is 1. The molecule has 1 unspecified atom stereocenters. The number of fused-ring (bicyclic) bond motifs is 1. The number of hydrogen-bond acceptors (Lipinski definition) is 2. The van der Waals surface area contributed by atoms with Gasteiger partial charge in [0.05, 0.1) is 6.42 Å². The Labute approximate surface area is 156 Å². The van der Waals surface area contributed by atoms with Gasteiger partial charge in [-0.1, -0.05) is 59.3 Å². The first-order valence-electron chi connectivity index (χ1n) is 8.49.